The summed E-state index contributed by atoms with van der Waals surface area (Å²) in [6.07, 6.45) is 5.68. The Kier molecular flexibility index (Phi) is 11.4. The minimum absolute atomic E-state index is 0.0469. The van der Waals surface area contributed by atoms with Gasteiger partial charge in [-0.25, -0.2) is 4.98 Å². The molecule has 0 spiro atoms. The number of nitrogens with one attached hydrogen (secondary N) is 2. The lowest BCUT2D eigenvalue weighted by atomic mass is 9.86. The molecule has 10 nitrogen and oxygen atoms in total. The molecule has 0 aliphatic carbocycles. The summed E-state index contributed by atoms with van der Waals surface area (Å²) < 4.78 is 7.68. The summed E-state index contributed by atoms with van der Waals surface area (Å²) in [6.45, 7) is 5.37. The Balaban J connectivity index is 0.849. The van der Waals surface area contributed by atoms with Gasteiger partial charge in [-0.2, -0.15) is 5.10 Å². The van der Waals surface area contributed by atoms with Gasteiger partial charge in [0.1, 0.15) is 12.1 Å². The van der Waals surface area contributed by atoms with Crippen LogP contribution in [0.15, 0.2) is 120 Å². The van der Waals surface area contributed by atoms with E-state index in [-0.39, 0.29) is 17.4 Å². The quantitative estimate of drug-likeness (QED) is 0.102. The summed E-state index contributed by atoms with van der Waals surface area (Å²) in [7, 11) is 1.67. The molecule has 1 aliphatic heterocycles. The van der Waals surface area contributed by atoms with E-state index >= 15 is 0 Å². The molecular formula is C43H48N6O4. The third-order valence-electron chi connectivity index (χ3n) is 10.6. The van der Waals surface area contributed by atoms with Gasteiger partial charge in [-0.05, 0) is 91.2 Å². The van der Waals surface area contributed by atoms with Crippen LogP contribution in [-0.2, 0) is 29.7 Å². The summed E-state index contributed by atoms with van der Waals surface area (Å²) in [5.41, 5.74) is 3.80. The first kappa shape index (κ1) is 36.2. The molecule has 274 valence electrons. The lowest BCUT2D eigenvalue weighted by Gasteiger charge is -2.32. The first-order valence-corrected chi connectivity index (χ1v) is 18.5. The summed E-state index contributed by atoms with van der Waals surface area (Å²) in [5.74, 6) is 0.958. The Hall–Kier alpha value is -5.13. The van der Waals surface area contributed by atoms with E-state index in [1.54, 1.807) is 25.6 Å². The number of aromatic hydroxyl groups is 1. The summed E-state index contributed by atoms with van der Waals surface area (Å²) in [6, 6.07) is 34.9. The lowest BCUT2D eigenvalue weighted by molar-refractivity contribution is 0.104. The van der Waals surface area contributed by atoms with Crippen molar-refractivity contribution in [1.29, 1.82) is 0 Å². The monoisotopic (exact) mass is 712 g/mol. The highest BCUT2D eigenvalue weighted by Crippen LogP contribution is 2.35. The molecule has 3 heterocycles. The molecule has 1 aliphatic rings. The number of phenolic OH excluding ortho intramolecular Hbond substituents is 1. The Morgan fingerprint density at radius 3 is 2.21 bits per heavy atom. The largest absolute Gasteiger partial charge is 0.506 e. The van der Waals surface area contributed by atoms with Gasteiger partial charge in [0.15, 0.2) is 11.4 Å². The zero-order valence-corrected chi connectivity index (χ0v) is 30.2. The number of aromatic amines is 1. The van der Waals surface area contributed by atoms with Gasteiger partial charge in [0.25, 0.3) is 0 Å². The van der Waals surface area contributed by atoms with Crippen LogP contribution in [0.4, 0.5) is 0 Å². The summed E-state index contributed by atoms with van der Waals surface area (Å²) in [5, 5.41) is 31.3. The van der Waals surface area contributed by atoms with Gasteiger partial charge in [-0.1, -0.05) is 91.0 Å². The van der Waals surface area contributed by atoms with Crippen molar-refractivity contribution in [2.45, 2.75) is 43.9 Å². The molecular weight excluding hydrogens is 665 g/mol. The Morgan fingerprint density at radius 1 is 0.887 bits per heavy atom. The van der Waals surface area contributed by atoms with Crippen molar-refractivity contribution in [2.75, 3.05) is 39.8 Å². The van der Waals surface area contributed by atoms with Crippen molar-refractivity contribution in [3.8, 4) is 5.75 Å². The minimum atomic E-state index is -1.42. The number of H-pyrrole nitrogens is 1. The lowest BCUT2D eigenvalue weighted by Crippen LogP contribution is -2.36. The molecule has 4 aromatic carbocycles. The normalized spacial score (nSPS) is 14.8. The maximum Gasteiger partial charge on any atom is 0.248 e. The molecule has 0 saturated carbocycles. The third-order valence-corrected chi connectivity index (χ3v) is 10.6. The van der Waals surface area contributed by atoms with E-state index in [0.29, 0.717) is 23.8 Å². The number of hydrogen-bond acceptors (Lipinski definition) is 8. The van der Waals surface area contributed by atoms with Crippen molar-refractivity contribution in [3.63, 3.8) is 0 Å². The molecule has 7 rings (SSSR count). The number of nitrogens with zero attached hydrogens (tertiary/aromatic N) is 4. The van der Waals surface area contributed by atoms with E-state index in [9.17, 15) is 15.0 Å². The fourth-order valence-corrected chi connectivity index (χ4v) is 7.47. The molecule has 0 bridgehead atoms. The van der Waals surface area contributed by atoms with Crippen LogP contribution in [0.3, 0.4) is 0 Å². The van der Waals surface area contributed by atoms with Crippen molar-refractivity contribution >= 4 is 10.9 Å². The average Bonchev–Trinajstić information content (AvgIpc) is 3.68. The molecule has 1 fully saturated rings. The second-order valence-corrected chi connectivity index (χ2v) is 14.0. The van der Waals surface area contributed by atoms with E-state index in [0.717, 1.165) is 80.5 Å². The predicted molar refractivity (Wildman–Crippen MR) is 207 cm³/mol. The Bertz CT molecular complexity index is 2090. The Morgan fingerprint density at radius 2 is 1.55 bits per heavy atom. The van der Waals surface area contributed by atoms with Gasteiger partial charge in [-0.3, -0.25) is 9.48 Å². The number of likely N-dealkylation sites (tertiary alicyclic amines) is 1. The fraction of sp³-hybridized carbons (Fsp3) is 0.326. The highest BCUT2D eigenvalue weighted by Gasteiger charge is 2.38. The van der Waals surface area contributed by atoms with Crippen LogP contribution >= 0.6 is 0 Å². The summed E-state index contributed by atoms with van der Waals surface area (Å²) >= 11 is 0. The van der Waals surface area contributed by atoms with Crippen LogP contribution in [0.5, 0.6) is 5.75 Å². The smallest absolute Gasteiger partial charge is 0.248 e. The van der Waals surface area contributed by atoms with E-state index in [4.69, 9.17) is 9.84 Å². The second-order valence-electron chi connectivity index (χ2n) is 14.0. The van der Waals surface area contributed by atoms with Crippen LogP contribution in [-0.4, -0.2) is 74.7 Å². The van der Waals surface area contributed by atoms with Gasteiger partial charge in [0.05, 0.1) is 11.6 Å². The first-order chi connectivity index (χ1) is 25.9. The van der Waals surface area contributed by atoms with Crippen LogP contribution in [0.25, 0.3) is 10.9 Å². The number of ether oxygens (including phenoxy) is 1. The minimum Gasteiger partial charge on any atom is -0.506 e. The van der Waals surface area contributed by atoms with E-state index in [1.165, 1.54) is 17.2 Å². The van der Waals surface area contributed by atoms with Gasteiger partial charge < -0.3 is 30.2 Å². The Labute approximate surface area is 310 Å². The molecule has 1 saturated heterocycles. The molecule has 1 atom stereocenters. The maximum atomic E-state index is 12.0. The number of fused-ring (bicyclic) bond motifs is 1. The number of methoxy groups -OCH3 is 1. The van der Waals surface area contributed by atoms with E-state index < -0.39 is 5.60 Å². The molecule has 0 amide bonds. The SMILES string of the molecule is CO[C@@H](CNCCc1ccc(CCN2CCC(Cn3cnc(C(O)(c4ccccc4)c4ccccc4)n3)CC2)cc1)c1ccc(O)c2[nH]c(=O)ccc12. The molecule has 10 heteroatoms. The van der Waals surface area contributed by atoms with Crippen LogP contribution in [0.2, 0.25) is 0 Å². The number of piperidine rings is 1. The van der Waals surface area contributed by atoms with Crippen LogP contribution in [0, 0.1) is 5.92 Å². The molecule has 2 aromatic heterocycles. The number of hydrogen-bond donors (Lipinski definition) is 4. The van der Waals surface area contributed by atoms with Gasteiger partial charge in [-0.15, -0.1) is 0 Å². The molecule has 0 unspecified atom stereocenters. The standard InChI is InChI=1S/C43H48N6O4/c1-53-39(36-16-18-38(50)41-37(36)17-19-40(51)46-41)28-44-24-20-31-12-14-32(15-13-31)21-25-48-26-22-33(23-27-48)29-49-30-45-42(47-49)43(52,34-8-4-2-5-9-34)35-10-6-3-7-11-35/h2-19,30,33,39,44,50,52H,20-29H2,1H3,(H,46,51)/t39-/m0/s1. The predicted octanol–water partition coefficient (Wildman–Crippen LogP) is 5.58. The average molecular weight is 713 g/mol. The van der Waals surface area contributed by atoms with Crippen molar-refractivity contribution in [1.82, 2.24) is 30.0 Å². The van der Waals surface area contributed by atoms with Gasteiger partial charge >= 0.3 is 0 Å². The molecule has 6 aromatic rings. The number of aromatic nitrogens is 4. The number of phenols is 1. The van der Waals surface area contributed by atoms with E-state index in [1.807, 2.05) is 71.4 Å². The molecule has 4 N–H and O–H groups in total. The van der Waals surface area contributed by atoms with Crippen LogP contribution < -0.4 is 10.9 Å². The third kappa shape index (κ3) is 8.42. The van der Waals surface area contributed by atoms with Crippen molar-refractivity contribution < 1.29 is 14.9 Å². The van der Waals surface area contributed by atoms with Crippen molar-refractivity contribution in [3.05, 3.63) is 160 Å². The van der Waals surface area contributed by atoms with Crippen molar-refractivity contribution in [2.24, 2.45) is 5.92 Å². The highest BCUT2D eigenvalue weighted by atomic mass is 16.5. The highest BCUT2D eigenvalue weighted by molar-refractivity contribution is 5.87. The molecule has 53 heavy (non-hydrogen) atoms. The number of benzene rings is 4. The fourth-order valence-electron chi connectivity index (χ4n) is 7.47. The van der Waals surface area contributed by atoms with E-state index in [2.05, 4.69) is 44.5 Å². The molecule has 0 radical (unpaired) electrons. The zero-order chi connectivity index (χ0) is 36.6. The number of rotatable bonds is 15. The van der Waals surface area contributed by atoms with Gasteiger partial charge in [0.2, 0.25) is 5.56 Å². The summed E-state index contributed by atoms with van der Waals surface area (Å²) in [4.78, 5) is 21.7. The number of aliphatic hydroxyl groups is 1. The maximum absolute atomic E-state index is 12.0. The number of pyridine rings is 1. The van der Waals surface area contributed by atoms with Crippen LogP contribution in [0.1, 0.15) is 52.6 Å². The second kappa shape index (κ2) is 16.7. The van der Waals surface area contributed by atoms with Gasteiger partial charge in [0, 0.05) is 38.2 Å². The first-order valence-electron chi connectivity index (χ1n) is 18.5. The topological polar surface area (TPSA) is 129 Å². The zero-order valence-electron chi connectivity index (χ0n) is 30.2.